The third-order valence-electron chi connectivity index (χ3n) is 5.61. The van der Waals surface area contributed by atoms with Crippen LogP contribution in [0.3, 0.4) is 0 Å². The Morgan fingerprint density at radius 3 is 2.61 bits per heavy atom. The number of benzene rings is 2. The molecule has 2 aromatic heterocycles. The molecule has 0 bridgehead atoms. The molecule has 0 saturated carbocycles. The molecular weight excluding hydrogens is 414 g/mol. The topological polar surface area (TPSA) is 89.2 Å². The van der Waals surface area contributed by atoms with E-state index in [1.807, 2.05) is 61.1 Å². The van der Waals surface area contributed by atoms with Crippen molar-refractivity contribution in [3.8, 4) is 5.75 Å². The van der Waals surface area contributed by atoms with Gasteiger partial charge in [0, 0.05) is 25.2 Å². The van der Waals surface area contributed by atoms with Crippen LogP contribution in [-0.4, -0.2) is 39.4 Å². The molecule has 0 fully saturated rings. The van der Waals surface area contributed by atoms with Crippen LogP contribution >= 0.6 is 0 Å². The summed E-state index contributed by atoms with van der Waals surface area (Å²) in [4.78, 5) is 9.29. The van der Waals surface area contributed by atoms with E-state index in [1.165, 1.54) is 5.56 Å². The van der Waals surface area contributed by atoms with Crippen molar-refractivity contribution >= 4 is 16.9 Å². The number of methoxy groups -OCH3 is 1. The first-order valence-corrected chi connectivity index (χ1v) is 11.0. The molecule has 0 saturated heterocycles. The number of ether oxygens (including phenoxy) is 1. The summed E-state index contributed by atoms with van der Waals surface area (Å²) in [5.74, 6) is 3.32. The smallest absolute Gasteiger partial charge is 0.191 e. The molecule has 0 aliphatic heterocycles. The molecule has 0 aliphatic rings. The van der Waals surface area contributed by atoms with Gasteiger partial charge in [0.25, 0.3) is 0 Å². The van der Waals surface area contributed by atoms with Crippen LogP contribution in [0.2, 0.25) is 0 Å². The minimum atomic E-state index is 0.531. The van der Waals surface area contributed by atoms with Crippen LogP contribution in [0.4, 0.5) is 0 Å². The number of rotatable bonds is 8. The van der Waals surface area contributed by atoms with Crippen molar-refractivity contribution in [3.63, 3.8) is 0 Å². The predicted octanol–water partition coefficient (Wildman–Crippen LogP) is 3.16. The second-order valence-electron chi connectivity index (χ2n) is 7.75. The maximum absolute atomic E-state index is 5.24. The van der Waals surface area contributed by atoms with Crippen molar-refractivity contribution in [3.05, 3.63) is 83.6 Å². The van der Waals surface area contributed by atoms with Crippen LogP contribution in [0, 0.1) is 6.92 Å². The largest absolute Gasteiger partial charge is 0.497 e. The second kappa shape index (κ2) is 10.6. The fourth-order valence-electron chi connectivity index (χ4n) is 3.52. The van der Waals surface area contributed by atoms with Gasteiger partial charge in [0.1, 0.15) is 11.6 Å². The minimum absolute atomic E-state index is 0.531. The fourth-order valence-corrected chi connectivity index (χ4v) is 3.52. The first kappa shape index (κ1) is 22.3. The molecule has 4 aromatic rings. The molecule has 2 heterocycles. The molecule has 0 radical (unpaired) electrons. The Labute approximate surface area is 193 Å². The maximum atomic E-state index is 5.24. The molecule has 0 atom stereocenters. The van der Waals surface area contributed by atoms with Crippen LogP contribution < -0.4 is 15.4 Å². The van der Waals surface area contributed by atoms with Gasteiger partial charge in [-0.3, -0.25) is 4.98 Å². The van der Waals surface area contributed by atoms with Gasteiger partial charge in [-0.25, -0.2) is 4.99 Å². The van der Waals surface area contributed by atoms with Gasteiger partial charge >= 0.3 is 0 Å². The minimum Gasteiger partial charge on any atom is -0.497 e. The highest BCUT2D eigenvalue weighted by molar-refractivity contribution is 5.83. The molecule has 0 amide bonds. The predicted molar refractivity (Wildman–Crippen MR) is 130 cm³/mol. The third-order valence-corrected chi connectivity index (χ3v) is 5.61. The van der Waals surface area contributed by atoms with E-state index in [9.17, 15) is 0 Å². The Morgan fingerprint density at radius 1 is 1.03 bits per heavy atom. The molecule has 4 rings (SSSR count). The zero-order valence-corrected chi connectivity index (χ0v) is 19.2. The molecule has 2 N–H and O–H groups in total. The lowest BCUT2D eigenvalue weighted by Gasteiger charge is -2.13. The first-order chi connectivity index (χ1) is 16.1. The van der Waals surface area contributed by atoms with Crippen LogP contribution in [0.15, 0.2) is 65.8 Å². The molecule has 8 heteroatoms. The number of aromatic nitrogens is 4. The molecule has 33 heavy (non-hydrogen) atoms. The zero-order valence-electron chi connectivity index (χ0n) is 19.2. The van der Waals surface area contributed by atoms with Crippen molar-refractivity contribution in [1.82, 2.24) is 30.4 Å². The Balaban J connectivity index is 1.46. The Hall–Kier alpha value is -3.94. The average Bonchev–Trinajstić information content (AvgIpc) is 3.18. The quantitative estimate of drug-likeness (QED) is 0.321. The maximum Gasteiger partial charge on any atom is 0.191 e. The molecule has 0 spiro atoms. The summed E-state index contributed by atoms with van der Waals surface area (Å²) < 4.78 is 7.21. The van der Waals surface area contributed by atoms with Crippen molar-refractivity contribution in [2.75, 3.05) is 13.7 Å². The lowest BCUT2D eigenvalue weighted by atomic mass is 10.1. The number of guanidine groups is 1. The van der Waals surface area contributed by atoms with Crippen molar-refractivity contribution in [2.24, 2.45) is 12.0 Å². The van der Waals surface area contributed by atoms with E-state index in [1.54, 1.807) is 7.11 Å². The Morgan fingerprint density at radius 2 is 1.85 bits per heavy atom. The summed E-state index contributed by atoms with van der Waals surface area (Å²) in [7, 11) is 3.64. The van der Waals surface area contributed by atoms with Crippen LogP contribution in [0.5, 0.6) is 5.75 Å². The van der Waals surface area contributed by atoms with Gasteiger partial charge in [0.05, 0.1) is 25.7 Å². The number of aryl methyl sites for hydroxylation is 1. The van der Waals surface area contributed by atoms with E-state index in [2.05, 4.69) is 44.0 Å². The molecule has 170 valence electrons. The van der Waals surface area contributed by atoms with Crippen LogP contribution in [0.25, 0.3) is 10.9 Å². The third kappa shape index (κ3) is 5.65. The lowest BCUT2D eigenvalue weighted by molar-refractivity contribution is 0.414. The lowest BCUT2D eigenvalue weighted by Crippen LogP contribution is -2.38. The van der Waals surface area contributed by atoms with Crippen LogP contribution in [0.1, 0.15) is 22.8 Å². The van der Waals surface area contributed by atoms with E-state index in [-0.39, 0.29) is 0 Å². The number of hydrogen-bond donors (Lipinski definition) is 2. The van der Waals surface area contributed by atoms with Gasteiger partial charge in [-0.15, -0.1) is 10.2 Å². The molecule has 0 aliphatic carbocycles. The number of fused-ring (bicyclic) bond motifs is 1. The standard InChI is InChI=1S/C25H29N7O/c1-18-30-31-24(32(18)2)17-29-25(27-14-12-19-8-10-21(33-3)11-9-19)28-16-20-13-15-26-23-7-5-4-6-22(20)23/h4-11,13,15H,12,14,16-17H2,1-3H3,(H2,27,28,29). The van der Waals surface area contributed by atoms with E-state index >= 15 is 0 Å². The van der Waals surface area contributed by atoms with E-state index in [0.29, 0.717) is 13.1 Å². The summed E-state index contributed by atoms with van der Waals surface area (Å²) in [5.41, 5.74) is 3.33. The zero-order chi connectivity index (χ0) is 23.0. The van der Waals surface area contributed by atoms with Gasteiger partial charge in [0.2, 0.25) is 0 Å². The first-order valence-electron chi connectivity index (χ1n) is 11.0. The Kier molecular flexibility index (Phi) is 7.14. The van der Waals surface area contributed by atoms with Gasteiger partial charge in [-0.05, 0) is 48.7 Å². The summed E-state index contributed by atoms with van der Waals surface area (Å²) in [6.07, 6.45) is 2.70. The number of para-hydroxylation sites is 1. The SMILES string of the molecule is COc1ccc(CCNC(=NCc2ccnc3ccccc23)NCc2nnc(C)n2C)cc1. The number of pyridine rings is 1. The summed E-state index contributed by atoms with van der Waals surface area (Å²) in [6, 6.07) is 18.3. The number of nitrogens with one attached hydrogen (secondary N) is 2. The van der Waals surface area contributed by atoms with Gasteiger partial charge in [0.15, 0.2) is 11.8 Å². The van der Waals surface area contributed by atoms with Crippen molar-refractivity contribution < 1.29 is 4.74 Å². The summed E-state index contributed by atoms with van der Waals surface area (Å²) in [6.45, 7) is 3.75. The molecule has 8 nitrogen and oxygen atoms in total. The molecule has 2 aromatic carbocycles. The van der Waals surface area contributed by atoms with E-state index in [4.69, 9.17) is 9.73 Å². The highest BCUT2D eigenvalue weighted by Gasteiger charge is 2.07. The number of hydrogen-bond acceptors (Lipinski definition) is 5. The van der Waals surface area contributed by atoms with E-state index in [0.717, 1.165) is 52.8 Å². The second-order valence-corrected chi connectivity index (χ2v) is 7.75. The average molecular weight is 444 g/mol. The van der Waals surface area contributed by atoms with Gasteiger partial charge in [-0.2, -0.15) is 0 Å². The van der Waals surface area contributed by atoms with Crippen LogP contribution in [-0.2, 0) is 26.6 Å². The highest BCUT2D eigenvalue weighted by atomic mass is 16.5. The fraction of sp³-hybridized carbons (Fsp3) is 0.280. The summed E-state index contributed by atoms with van der Waals surface area (Å²) in [5, 5.41) is 16.3. The monoisotopic (exact) mass is 443 g/mol. The number of nitrogens with zero attached hydrogens (tertiary/aromatic N) is 5. The summed E-state index contributed by atoms with van der Waals surface area (Å²) >= 11 is 0. The molecule has 0 unspecified atom stereocenters. The van der Waals surface area contributed by atoms with Gasteiger partial charge in [-0.1, -0.05) is 30.3 Å². The van der Waals surface area contributed by atoms with Crippen molar-refractivity contribution in [1.29, 1.82) is 0 Å². The van der Waals surface area contributed by atoms with Crippen molar-refractivity contribution in [2.45, 2.75) is 26.4 Å². The Bertz CT molecular complexity index is 1230. The van der Waals surface area contributed by atoms with E-state index < -0.39 is 0 Å². The molecular formula is C25H29N7O. The van der Waals surface area contributed by atoms with Gasteiger partial charge < -0.3 is 19.9 Å². The number of aliphatic imine (C=N–C) groups is 1. The highest BCUT2D eigenvalue weighted by Crippen LogP contribution is 2.17. The normalized spacial score (nSPS) is 11.5.